The van der Waals surface area contributed by atoms with Gasteiger partial charge in [0.2, 0.25) is 0 Å². The highest BCUT2D eigenvalue weighted by Gasteiger charge is 2.28. The van der Waals surface area contributed by atoms with Crippen molar-refractivity contribution in [3.8, 4) is 0 Å². The van der Waals surface area contributed by atoms with Crippen LogP contribution in [0, 0.1) is 0 Å². The van der Waals surface area contributed by atoms with Crippen LogP contribution in [0.4, 0.5) is 4.79 Å². The molecule has 0 spiro atoms. The fourth-order valence-corrected chi connectivity index (χ4v) is 3.76. The number of hydrogen-bond acceptors (Lipinski definition) is 4. The van der Waals surface area contributed by atoms with E-state index in [1.807, 2.05) is 20.8 Å². The summed E-state index contributed by atoms with van der Waals surface area (Å²) in [5.74, 6) is 0. The van der Waals surface area contributed by atoms with E-state index in [0.29, 0.717) is 18.6 Å². The van der Waals surface area contributed by atoms with E-state index in [4.69, 9.17) is 4.74 Å². The van der Waals surface area contributed by atoms with Crippen LogP contribution in [0.2, 0.25) is 0 Å². The van der Waals surface area contributed by atoms with Crippen molar-refractivity contribution >= 4 is 17.4 Å². The van der Waals surface area contributed by atoms with Crippen molar-refractivity contribution in [1.82, 2.24) is 10.2 Å². The SMILES string of the molecule is C[C@@H](c1cccs1)N1CCCC[C@H]1CNC(=O)OC(C)(C)C. The predicted octanol–water partition coefficient (Wildman–Crippen LogP) is 4.19. The predicted molar refractivity (Wildman–Crippen MR) is 91.3 cm³/mol. The molecule has 4 nitrogen and oxygen atoms in total. The Morgan fingerprint density at radius 1 is 1.50 bits per heavy atom. The van der Waals surface area contributed by atoms with Crippen LogP contribution in [-0.4, -0.2) is 35.7 Å². The molecule has 1 N–H and O–H groups in total. The fourth-order valence-electron chi connectivity index (χ4n) is 2.96. The molecule has 1 aliphatic heterocycles. The highest BCUT2D eigenvalue weighted by Crippen LogP contribution is 2.30. The van der Waals surface area contributed by atoms with Gasteiger partial charge in [-0.2, -0.15) is 0 Å². The van der Waals surface area contributed by atoms with Crippen LogP contribution in [0.1, 0.15) is 57.9 Å². The maximum Gasteiger partial charge on any atom is 0.407 e. The summed E-state index contributed by atoms with van der Waals surface area (Å²) < 4.78 is 5.33. The third kappa shape index (κ3) is 4.99. The molecule has 1 amide bonds. The highest BCUT2D eigenvalue weighted by molar-refractivity contribution is 7.10. The summed E-state index contributed by atoms with van der Waals surface area (Å²) in [6.07, 6.45) is 3.28. The third-order valence-electron chi connectivity index (χ3n) is 4.01. The molecule has 0 aromatic carbocycles. The molecule has 0 radical (unpaired) electrons. The lowest BCUT2D eigenvalue weighted by Crippen LogP contribution is -2.48. The molecule has 1 saturated heterocycles. The Balaban J connectivity index is 1.91. The Kier molecular flexibility index (Phi) is 5.87. The Hall–Kier alpha value is -1.07. The van der Waals surface area contributed by atoms with E-state index in [1.54, 1.807) is 11.3 Å². The second kappa shape index (κ2) is 7.47. The molecular formula is C17H28N2O2S. The van der Waals surface area contributed by atoms with Gasteiger partial charge in [-0.3, -0.25) is 4.90 Å². The van der Waals surface area contributed by atoms with Crippen LogP contribution in [0.5, 0.6) is 0 Å². The number of carbonyl (C=O) groups excluding carboxylic acids is 1. The molecule has 22 heavy (non-hydrogen) atoms. The highest BCUT2D eigenvalue weighted by atomic mass is 32.1. The first-order chi connectivity index (χ1) is 10.4. The third-order valence-corrected chi connectivity index (χ3v) is 5.05. The van der Waals surface area contributed by atoms with E-state index in [0.717, 1.165) is 13.0 Å². The number of nitrogens with one attached hydrogen (secondary N) is 1. The van der Waals surface area contributed by atoms with E-state index in [-0.39, 0.29) is 6.09 Å². The summed E-state index contributed by atoms with van der Waals surface area (Å²) >= 11 is 1.81. The Morgan fingerprint density at radius 3 is 2.91 bits per heavy atom. The van der Waals surface area contributed by atoms with Gasteiger partial charge in [-0.1, -0.05) is 12.5 Å². The molecule has 2 atom stereocenters. The first-order valence-corrected chi connectivity index (χ1v) is 9.01. The van der Waals surface area contributed by atoms with Crippen molar-refractivity contribution in [1.29, 1.82) is 0 Å². The van der Waals surface area contributed by atoms with E-state index >= 15 is 0 Å². The summed E-state index contributed by atoms with van der Waals surface area (Å²) in [4.78, 5) is 15.8. The van der Waals surface area contributed by atoms with Gasteiger partial charge in [0.05, 0.1) is 0 Å². The zero-order valence-electron chi connectivity index (χ0n) is 14.1. The zero-order valence-corrected chi connectivity index (χ0v) is 14.9. The number of likely N-dealkylation sites (tertiary alicyclic amines) is 1. The lowest BCUT2D eigenvalue weighted by Gasteiger charge is -2.39. The van der Waals surface area contributed by atoms with Crippen LogP contribution in [-0.2, 0) is 4.74 Å². The van der Waals surface area contributed by atoms with Gasteiger partial charge in [-0.05, 0) is 58.5 Å². The van der Waals surface area contributed by atoms with Crippen LogP contribution in [0.3, 0.4) is 0 Å². The number of amides is 1. The maximum atomic E-state index is 11.9. The van der Waals surface area contributed by atoms with Gasteiger partial charge in [0.15, 0.2) is 0 Å². The average Bonchev–Trinajstić information content (AvgIpc) is 2.97. The number of carbonyl (C=O) groups is 1. The minimum absolute atomic E-state index is 0.318. The van der Waals surface area contributed by atoms with Crippen LogP contribution >= 0.6 is 11.3 Å². The van der Waals surface area contributed by atoms with Gasteiger partial charge in [-0.15, -0.1) is 11.3 Å². The van der Waals surface area contributed by atoms with Crippen molar-refractivity contribution in [3.63, 3.8) is 0 Å². The Labute approximate surface area is 137 Å². The minimum atomic E-state index is -0.444. The summed E-state index contributed by atoms with van der Waals surface area (Å²) in [5, 5.41) is 5.07. The lowest BCUT2D eigenvalue weighted by molar-refractivity contribution is 0.0473. The molecule has 5 heteroatoms. The maximum absolute atomic E-state index is 11.9. The Bertz CT molecular complexity index is 468. The van der Waals surface area contributed by atoms with Crippen molar-refractivity contribution in [2.75, 3.05) is 13.1 Å². The van der Waals surface area contributed by atoms with Crippen LogP contribution in [0.15, 0.2) is 17.5 Å². The van der Waals surface area contributed by atoms with Crippen molar-refractivity contribution in [2.24, 2.45) is 0 Å². The molecule has 1 aromatic heterocycles. The van der Waals surface area contributed by atoms with Crippen molar-refractivity contribution < 1.29 is 9.53 Å². The molecular weight excluding hydrogens is 296 g/mol. The first-order valence-electron chi connectivity index (χ1n) is 8.13. The number of alkyl carbamates (subject to hydrolysis) is 1. The van der Waals surface area contributed by atoms with Crippen LogP contribution < -0.4 is 5.32 Å². The number of thiophene rings is 1. The second-order valence-corrected chi connectivity index (χ2v) is 7.94. The topological polar surface area (TPSA) is 41.6 Å². The molecule has 0 saturated carbocycles. The largest absolute Gasteiger partial charge is 0.444 e. The normalized spacial score (nSPS) is 21.4. The molecule has 1 aliphatic rings. The lowest BCUT2D eigenvalue weighted by atomic mass is 9.99. The molecule has 0 unspecified atom stereocenters. The monoisotopic (exact) mass is 324 g/mol. The zero-order chi connectivity index (χ0) is 16.2. The molecule has 2 heterocycles. The molecule has 2 rings (SSSR count). The second-order valence-electron chi connectivity index (χ2n) is 6.96. The van der Waals surface area contributed by atoms with E-state index < -0.39 is 5.60 Å². The number of ether oxygens (including phenoxy) is 1. The fraction of sp³-hybridized carbons (Fsp3) is 0.706. The van der Waals surface area contributed by atoms with Crippen molar-refractivity contribution in [2.45, 2.75) is 64.6 Å². The summed E-state index contributed by atoms with van der Waals surface area (Å²) in [6, 6.07) is 5.10. The molecule has 0 bridgehead atoms. The molecule has 1 fully saturated rings. The summed E-state index contributed by atoms with van der Waals surface area (Å²) in [7, 11) is 0. The smallest absolute Gasteiger partial charge is 0.407 e. The summed E-state index contributed by atoms with van der Waals surface area (Å²) in [6.45, 7) is 9.68. The van der Waals surface area contributed by atoms with Gasteiger partial charge < -0.3 is 10.1 Å². The number of piperidine rings is 1. The Morgan fingerprint density at radius 2 is 2.27 bits per heavy atom. The minimum Gasteiger partial charge on any atom is -0.444 e. The van der Waals surface area contributed by atoms with E-state index in [2.05, 4.69) is 34.7 Å². The van der Waals surface area contributed by atoms with Crippen LogP contribution in [0.25, 0.3) is 0 Å². The van der Waals surface area contributed by atoms with Gasteiger partial charge in [0, 0.05) is 23.5 Å². The van der Waals surface area contributed by atoms with Gasteiger partial charge in [0.25, 0.3) is 0 Å². The van der Waals surface area contributed by atoms with E-state index in [1.165, 1.54) is 17.7 Å². The van der Waals surface area contributed by atoms with Gasteiger partial charge in [0.1, 0.15) is 5.60 Å². The molecule has 0 aliphatic carbocycles. The number of nitrogens with zero attached hydrogens (tertiary/aromatic N) is 1. The number of rotatable bonds is 4. The molecule has 1 aromatic rings. The van der Waals surface area contributed by atoms with Gasteiger partial charge in [-0.25, -0.2) is 4.79 Å². The number of hydrogen-bond donors (Lipinski definition) is 1. The average molecular weight is 324 g/mol. The summed E-state index contributed by atoms with van der Waals surface area (Å²) in [5.41, 5.74) is -0.444. The molecule has 124 valence electrons. The van der Waals surface area contributed by atoms with E-state index in [9.17, 15) is 4.79 Å². The standard InChI is InChI=1S/C17H28N2O2S/c1-13(15-9-7-11-22-15)19-10-6-5-8-14(19)12-18-16(20)21-17(2,3)4/h7,9,11,13-14H,5-6,8,10,12H2,1-4H3,(H,18,20)/t13-,14-/m0/s1. The first kappa shape index (κ1) is 17.3. The van der Waals surface area contributed by atoms with Gasteiger partial charge >= 0.3 is 6.09 Å². The van der Waals surface area contributed by atoms with Crippen molar-refractivity contribution in [3.05, 3.63) is 22.4 Å². The quantitative estimate of drug-likeness (QED) is 0.903.